The first-order valence-corrected chi connectivity index (χ1v) is 20.1. The molecule has 2 saturated heterocycles. The summed E-state index contributed by atoms with van der Waals surface area (Å²) in [5.41, 5.74) is 3.37. The molecule has 0 bridgehead atoms. The largest absolute Gasteiger partial charge is 0.440 e. The van der Waals surface area contributed by atoms with Crippen LogP contribution in [-0.2, 0) is 24.5 Å². The van der Waals surface area contributed by atoms with Gasteiger partial charge in [-0.05, 0) is 43.9 Å². The molecule has 13 heteroatoms. The second kappa shape index (κ2) is 12.4. The second-order valence-electron chi connectivity index (χ2n) is 13.5. The van der Waals surface area contributed by atoms with E-state index in [1.54, 1.807) is 12.4 Å². The first-order chi connectivity index (χ1) is 22.5. The third kappa shape index (κ3) is 6.81. The fraction of sp³-hybridized carbons (Fsp3) is 0.529. The van der Waals surface area contributed by atoms with Crippen LogP contribution in [0.25, 0.3) is 22.7 Å². The maximum atomic E-state index is 13.7. The average Bonchev–Trinajstić information content (AvgIpc) is 3.71. The van der Waals surface area contributed by atoms with Gasteiger partial charge in [-0.2, -0.15) is 5.26 Å². The highest BCUT2D eigenvalue weighted by atomic mass is 32.2. The first-order valence-electron chi connectivity index (χ1n) is 16.5. The third-order valence-corrected chi connectivity index (χ3v) is 13.5. The van der Waals surface area contributed by atoms with Gasteiger partial charge in [0.15, 0.2) is 19.7 Å². The Kier molecular flexibility index (Phi) is 8.37. The Morgan fingerprint density at radius 2 is 1.49 bits per heavy atom. The fourth-order valence-corrected chi connectivity index (χ4v) is 9.58. The molecule has 0 amide bonds. The van der Waals surface area contributed by atoms with Gasteiger partial charge in [-0.15, -0.1) is 0 Å². The molecule has 0 radical (unpaired) electrons. The van der Waals surface area contributed by atoms with E-state index in [1.165, 1.54) is 0 Å². The summed E-state index contributed by atoms with van der Waals surface area (Å²) in [5.74, 6) is 1.18. The topological polar surface area (TPSA) is 155 Å². The lowest BCUT2D eigenvalue weighted by molar-refractivity contribution is -0.125. The average molecular weight is 678 g/mol. The maximum absolute atomic E-state index is 13.7. The molecule has 2 aliphatic heterocycles. The van der Waals surface area contributed by atoms with Crippen molar-refractivity contribution in [3.05, 3.63) is 48.5 Å². The number of anilines is 2. The van der Waals surface area contributed by atoms with Crippen LogP contribution in [0, 0.1) is 22.7 Å². The standard InChI is InChI=1S/C34H39N5O6S2/c35-23-34(9-10-34)20-30(40)28-3-1-2-4-29(28)32-31(24-5-7-26(8-6-24)38-11-15-46(41,42)16-12-38)37-33(45-32)25-19-27(22-36-21-25)39-13-17-47(43,44)18-14-39/h5-8,19,21-22,28-29H,1-4,9-18,20H2/t28-,29-/m1/s1. The number of oxazole rings is 1. The molecular weight excluding hydrogens is 639 g/mol. The van der Waals surface area contributed by atoms with Gasteiger partial charge in [0, 0.05) is 61.9 Å². The SMILES string of the molecule is N#CC1(CC(=O)[C@@H]2CCCC[C@H]2c2oc(-c3cncc(N4CCS(=O)(=O)CC4)c3)nc2-c2ccc(N3CCS(=O)(=O)CC3)cc2)CC1. The molecule has 4 heterocycles. The molecular formula is C34H39N5O6S2. The molecule has 0 unspecified atom stereocenters. The van der Waals surface area contributed by atoms with Gasteiger partial charge in [-0.3, -0.25) is 9.78 Å². The summed E-state index contributed by atoms with van der Waals surface area (Å²) in [4.78, 5) is 27.3. The van der Waals surface area contributed by atoms with Crippen molar-refractivity contribution in [1.29, 1.82) is 5.26 Å². The van der Waals surface area contributed by atoms with Gasteiger partial charge in [0.05, 0.1) is 51.9 Å². The molecule has 2 saturated carbocycles. The quantitative estimate of drug-likeness (QED) is 0.333. The normalized spacial score (nSPS) is 24.7. The minimum atomic E-state index is -3.04. The molecule has 47 heavy (non-hydrogen) atoms. The molecule has 11 nitrogen and oxygen atoms in total. The van der Waals surface area contributed by atoms with Crippen LogP contribution in [0.2, 0.25) is 0 Å². The number of ketones is 1. The van der Waals surface area contributed by atoms with E-state index in [0.717, 1.165) is 55.5 Å². The zero-order chi connectivity index (χ0) is 32.8. The van der Waals surface area contributed by atoms with Gasteiger partial charge >= 0.3 is 0 Å². The van der Waals surface area contributed by atoms with Crippen molar-refractivity contribution in [2.45, 2.75) is 50.9 Å². The van der Waals surface area contributed by atoms with Gasteiger partial charge in [-0.1, -0.05) is 25.0 Å². The molecule has 4 fully saturated rings. The second-order valence-corrected chi connectivity index (χ2v) is 18.1. The van der Waals surface area contributed by atoms with E-state index >= 15 is 0 Å². The van der Waals surface area contributed by atoms with Crippen molar-refractivity contribution in [3.8, 4) is 28.8 Å². The van der Waals surface area contributed by atoms with Crippen molar-refractivity contribution in [2.24, 2.45) is 11.3 Å². The zero-order valence-electron chi connectivity index (χ0n) is 26.3. The van der Waals surface area contributed by atoms with Crippen LogP contribution in [0.3, 0.4) is 0 Å². The van der Waals surface area contributed by atoms with Crippen molar-refractivity contribution in [1.82, 2.24) is 9.97 Å². The van der Waals surface area contributed by atoms with Crippen LogP contribution in [0.5, 0.6) is 0 Å². The molecule has 4 aliphatic rings. The lowest BCUT2D eigenvalue weighted by Crippen LogP contribution is -2.40. The van der Waals surface area contributed by atoms with Crippen LogP contribution < -0.4 is 9.80 Å². The molecule has 2 aliphatic carbocycles. The molecule has 3 aromatic rings. The Bertz CT molecular complexity index is 1900. The number of sulfone groups is 2. The Balaban J connectivity index is 1.23. The summed E-state index contributed by atoms with van der Waals surface area (Å²) < 4.78 is 54.6. The Hall–Kier alpha value is -3.76. The number of rotatable bonds is 8. The van der Waals surface area contributed by atoms with Crippen molar-refractivity contribution in [3.63, 3.8) is 0 Å². The minimum absolute atomic E-state index is 0.0952. The summed E-state index contributed by atoms with van der Waals surface area (Å²) in [7, 11) is -6.04. The summed E-state index contributed by atoms with van der Waals surface area (Å²) in [6.07, 6.45) is 8.64. The highest BCUT2D eigenvalue weighted by Crippen LogP contribution is 2.51. The smallest absolute Gasteiger partial charge is 0.228 e. The summed E-state index contributed by atoms with van der Waals surface area (Å²) in [6.45, 7) is 1.68. The van der Waals surface area contributed by atoms with Crippen molar-refractivity contribution in [2.75, 3.05) is 59.0 Å². The predicted molar refractivity (Wildman–Crippen MR) is 179 cm³/mol. The summed E-state index contributed by atoms with van der Waals surface area (Å²) in [5, 5.41) is 9.69. The highest BCUT2D eigenvalue weighted by Gasteiger charge is 2.47. The number of carbonyl (C=O) groups excluding carboxylic acids is 1. The number of aromatic nitrogens is 2. The van der Waals surface area contributed by atoms with Crippen LogP contribution >= 0.6 is 0 Å². The number of hydrogen-bond acceptors (Lipinski definition) is 11. The lowest BCUT2D eigenvalue weighted by atomic mass is 9.73. The highest BCUT2D eigenvalue weighted by molar-refractivity contribution is 7.91. The number of nitrogens with zero attached hydrogens (tertiary/aromatic N) is 5. The lowest BCUT2D eigenvalue weighted by Gasteiger charge is -2.30. The molecule has 0 spiro atoms. The molecule has 0 N–H and O–H groups in total. The van der Waals surface area contributed by atoms with Crippen LogP contribution in [-0.4, -0.2) is 81.8 Å². The van der Waals surface area contributed by atoms with E-state index in [9.17, 15) is 26.9 Å². The maximum Gasteiger partial charge on any atom is 0.228 e. The van der Waals surface area contributed by atoms with E-state index in [-0.39, 0.29) is 47.1 Å². The van der Waals surface area contributed by atoms with Gasteiger partial charge in [-0.25, -0.2) is 21.8 Å². The third-order valence-electron chi connectivity index (χ3n) is 10.3. The molecule has 1 aromatic carbocycles. The minimum Gasteiger partial charge on any atom is -0.440 e. The zero-order valence-corrected chi connectivity index (χ0v) is 27.9. The van der Waals surface area contributed by atoms with Crippen LogP contribution in [0.4, 0.5) is 11.4 Å². The van der Waals surface area contributed by atoms with Crippen molar-refractivity contribution >= 4 is 36.8 Å². The molecule has 248 valence electrons. The van der Waals surface area contributed by atoms with Crippen LogP contribution in [0.1, 0.15) is 56.6 Å². The van der Waals surface area contributed by atoms with Gasteiger partial charge in [0.25, 0.3) is 0 Å². The Morgan fingerprint density at radius 3 is 2.11 bits per heavy atom. The van der Waals surface area contributed by atoms with Crippen molar-refractivity contribution < 1.29 is 26.0 Å². The summed E-state index contributed by atoms with van der Waals surface area (Å²) >= 11 is 0. The number of nitriles is 1. The number of Topliss-reactive ketones (excluding diaryl/α,β-unsaturated/α-hetero) is 1. The number of pyridine rings is 1. The number of hydrogen-bond donors (Lipinski definition) is 0. The number of carbonyl (C=O) groups is 1. The summed E-state index contributed by atoms with van der Waals surface area (Å²) in [6, 6.07) is 12.2. The van der Waals surface area contributed by atoms with E-state index in [2.05, 4.69) is 16.0 Å². The predicted octanol–water partition coefficient (Wildman–Crippen LogP) is 4.41. The van der Waals surface area contributed by atoms with Gasteiger partial charge in [0.2, 0.25) is 5.89 Å². The van der Waals surface area contributed by atoms with E-state index < -0.39 is 25.1 Å². The fourth-order valence-electron chi connectivity index (χ4n) is 7.18. The molecule has 2 aromatic heterocycles. The van der Waals surface area contributed by atoms with E-state index in [4.69, 9.17) is 9.40 Å². The first kappa shape index (κ1) is 31.8. The molecule has 2 atom stereocenters. The Labute approximate surface area is 275 Å². The van der Waals surface area contributed by atoms with Crippen LogP contribution in [0.15, 0.2) is 47.1 Å². The Morgan fingerprint density at radius 1 is 0.872 bits per heavy atom. The molecule has 7 rings (SSSR count). The number of benzene rings is 1. The van der Waals surface area contributed by atoms with Gasteiger partial charge in [0.1, 0.15) is 17.2 Å². The van der Waals surface area contributed by atoms with Gasteiger partial charge < -0.3 is 14.2 Å². The van der Waals surface area contributed by atoms with E-state index in [0.29, 0.717) is 49.1 Å². The monoisotopic (exact) mass is 677 g/mol. The van der Waals surface area contributed by atoms with E-state index in [1.807, 2.05) is 35.2 Å².